The molecular formula is C10H4BrCl3N2O2. The summed E-state index contributed by atoms with van der Waals surface area (Å²) in [6.07, 6.45) is 0. The van der Waals surface area contributed by atoms with Crippen LogP contribution in [0.4, 0.5) is 0 Å². The minimum atomic E-state index is -0.687. The summed E-state index contributed by atoms with van der Waals surface area (Å²) < 4.78 is 1.42. The van der Waals surface area contributed by atoms with Gasteiger partial charge in [0.2, 0.25) is 0 Å². The number of halogens is 4. The molecule has 0 aliphatic carbocycles. The minimum absolute atomic E-state index is 0.0411. The van der Waals surface area contributed by atoms with E-state index in [4.69, 9.17) is 34.8 Å². The third kappa shape index (κ3) is 2.36. The van der Waals surface area contributed by atoms with Gasteiger partial charge in [-0.3, -0.25) is 9.78 Å². The number of nitrogens with one attached hydrogen (secondary N) is 1. The summed E-state index contributed by atoms with van der Waals surface area (Å²) in [4.78, 5) is 25.8. The van der Waals surface area contributed by atoms with Gasteiger partial charge in [-0.15, -0.1) is 0 Å². The molecule has 2 rings (SSSR count). The smallest absolute Gasteiger partial charge is 0.297 e. The molecule has 4 nitrogen and oxygen atoms in total. The Hall–Kier alpha value is -0.750. The molecule has 1 aromatic heterocycles. The lowest BCUT2D eigenvalue weighted by Gasteiger charge is -2.08. The highest BCUT2D eigenvalue weighted by molar-refractivity contribution is 9.10. The third-order valence-electron chi connectivity index (χ3n) is 2.16. The van der Waals surface area contributed by atoms with E-state index in [0.29, 0.717) is 4.47 Å². The Bertz CT molecular complexity index is 708. The van der Waals surface area contributed by atoms with Crippen LogP contribution in [0.25, 0.3) is 5.69 Å². The number of aromatic amines is 1. The lowest BCUT2D eigenvalue weighted by atomic mass is 10.3. The first-order valence-electron chi connectivity index (χ1n) is 4.57. The predicted molar refractivity (Wildman–Crippen MR) is 75.4 cm³/mol. The molecule has 1 N–H and O–H groups in total. The molecular weight excluding hydrogens is 366 g/mol. The van der Waals surface area contributed by atoms with Crippen molar-refractivity contribution in [2.45, 2.75) is 0 Å². The Kier molecular flexibility index (Phi) is 3.87. The van der Waals surface area contributed by atoms with Crippen molar-refractivity contribution in [3.8, 4) is 5.69 Å². The van der Waals surface area contributed by atoms with Gasteiger partial charge in [-0.1, -0.05) is 34.8 Å². The predicted octanol–water partition coefficient (Wildman–Crippen LogP) is 3.25. The Morgan fingerprint density at radius 2 is 1.78 bits per heavy atom. The normalized spacial score (nSPS) is 10.7. The van der Waals surface area contributed by atoms with E-state index in [9.17, 15) is 9.59 Å². The SMILES string of the molecule is O=c1cc(Cl)[nH]c(=O)n1-c1ccc(Br)c(Cl)c1Cl. The minimum Gasteiger partial charge on any atom is -0.297 e. The fourth-order valence-corrected chi connectivity index (χ4v) is 2.41. The number of nitrogens with zero attached hydrogens (tertiary/aromatic N) is 1. The monoisotopic (exact) mass is 368 g/mol. The zero-order chi connectivity index (χ0) is 13.4. The topological polar surface area (TPSA) is 54.9 Å². The van der Waals surface area contributed by atoms with E-state index in [1.54, 1.807) is 6.07 Å². The Labute approximate surface area is 124 Å². The number of benzene rings is 1. The molecule has 0 spiro atoms. The van der Waals surface area contributed by atoms with Gasteiger partial charge in [-0.25, -0.2) is 9.36 Å². The van der Waals surface area contributed by atoms with Crippen molar-refractivity contribution in [3.05, 3.63) is 58.7 Å². The van der Waals surface area contributed by atoms with Crippen molar-refractivity contribution in [2.75, 3.05) is 0 Å². The maximum absolute atomic E-state index is 11.8. The van der Waals surface area contributed by atoms with Gasteiger partial charge < -0.3 is 0 Å². The summed E-state index contributed by atoms with van der Waals surface area (Å²) >= 11 is 20.7. The molecule has 0 aliphatic heterocycles. The van der Waals surface area contributed by atoms with Crippen molar-refractivity contribution in [3.63, 3.8) is 0 Å². The van der Waals surface area contributed by atoms with E-state index in [-0.39, 0.29) is 20.9 Å². The second-order valence-corrected chi connectivity index (χ2v) is 5.31. The van der Waals surface area contributed by atoms with Crippen LogP contribution in [0.5, 0.6) is 0 Å². The maximum atomic E-state index is 11.8. The van der Waals surface area contributed by atoms with Gasteiger partial charge in [0.05, 0.1) is 15.7 Å². The van der Waals surface area contributed by atoms with E-state index in [1.807, 2.05) is 0 Å². The molecule has 0 atom stereocenters. The number of rotatable bonds is 1. The van der Waals surface area contributed by atoms with Crippen LogP contribution in [0, 0.1) is 0 Å². The molecule has 1 aromatic carbocycles. The van der Waals surface area contributed by atoms with Gasteiger partial charge in [-0.2, -0.15) is 0 Å². The molecule has 0 fully saturated rings. The molecule has 0 bridgehead atoms. The first-order valence-corrected chi connectivity index (χ1v) is 6.50. The van der Waals surface area contributed by atoms with Crippen LogP contribution in [0.1, 0.15) is 0 Å². The van der Waals surface area contributed by atoms with Gasteiger partial charge in [0.1, 0.15) is 5.15 Å². The van der Waals surface area contributed by atoms with Crippen molar-refractivity contribution in [1.82, 2.24) is 9.55 Å². The Balaban J connectivity index is 2.83. The molecule has 94 valence electrons. The fraction of sp³-hybridized carbons (Fsp3) is 0. The Morgan fingerprint density at radius 1 is 1.11 bits per heavy atom. The maximum Gasteiger partial charge on any atom is 0.334 e. The summed E-state index contributed by atoms with van der Waals surface area (Å²) in [5.74, 6) is 0. The molecule has 8 heteroatoms. The average molecular weight is 370 g/mol. The molecule has 0 saturated heterocycles. The summed E-state index contributed by atoms with van der Waals surface area (Å²) in [6, 6.07) is 4.17. The highest BCUT2D eigenvalue weighted by Crippen LogP contribution is 2.33. The van der Waals surface area contributed by atoms with Crippen LogP contribution < -0.4 is 11.2 Å². The summed E-state index contributed by atoms with van der Waals surface area (Å²) in [5, 5.41) is 0.275. The highest BCUT2D eigenvalue weighted by Gasteiger charge is 2.13. The standard InChI is InChI=1S/C10H4BrCl3N2O2/c11-4-1-2-5(9(14)8(4)13)16-7(17)3-6(12)15-10(16)18/h1-3H,(H,15,18). The number of hydrogen-bond acceptors (Lipinski definition) is 2. The van der Waals surface area contributed by atoms with Gasteiger partial charge >= 0.3 is 5.69 Å². The van der Waals surface area contributed by atoms with E-state index in [1.165, 1.54) is 6.07 Å². The highest BCUT2D eigenvalue weighted by atomic mass is 79.9. The van der Waals surface area contributed by atoms with Crippen molar-refractivity contribution < 1.29 is 0 Å². The van der Waals surface area contributed by atoms with E-state index < -0.39 is 11.2 Å². The first kappa shape index (κ1) is 13.7. The molecule has 0 unspecified atom stereocenters. The molecule has 2 aromatic rings. The quantitative estimate of drug-likeness (QED) is 0.619. The molecule has 0 amide bonds. The van der Waals surface area contributed by atoms with E-state index in [0.717, 1.165) is 10.6 Å². The summed E-state index contributed by atoms with van der Waals surface area (Å²) in [5.41, 5.74) is -1.09. The lowest BCUT2D eigenvalue weighted by Crippen LogP contribution is -2.33. The number of H-pyrrole nitrogens is 1. The van der Waals surface area contributed by atoms with Crippen LogP contribution in [0.2, 0.25) is 15.2 Å². The molecule has 0 radical (unpaired) electrons. The van der Waals surface area contributed by atoms with Crippen LogP contribution in [-0.4, -0.2) is 9.55 Å². The van der Waals surface area contributed by atoms with Crippen LogP contribution in [0.15, 0.2) is 32.3 Å². The second kappa shape index (κ2) is 5.09. The Morgan fingerprint density at radius 3 is 2.39 bits per heavy atom. The number of aromatic nitrogens is 2. The summed E-state index contributed by atoms with van der Waals surface area (Å²) in [6.45, 7) is 0. The van der Waals surface area contributed by atoms with Gasteiger partial charge in [0.25, 0.3) is 5.56 Å². The zero-order valence-electron chi connectivity index (χ0n) is 8.51. The molecule has 0 aliphatic rings. The van der Waals surface area contributed by atoms with Crippen LogP contribution >= 0.6 is 50.7 Å². The average Bonchev–Trinajstić information content (AvgIpc) is 2.28. The second-order valence-electron chi connectivity index (χ2n) is 3.29. The van der Waals surface area contributed by atoms with Gasteiger partial charge in [0, 0.05) is 10.5 Å². The van der Waals surface area contributed by atoms with Crippen molar-refractivity contribution >= 4 is 50.7 Å². The number of hydrogen-bond donors (Lipinski definition) is 1. The lowest BCUT2D eigenvalue weighted by molar-refractivity contribution is 0.876. The van der Waals surface area contributed by atoms with Gasteiger partial charge in [0.15, 0.2) is 0 Å². The molecule has 18 heavy (non-hydrogen) atoms. The van der Waals surface area contributed by atoms with Crippen molar-refractivity contribution in [1.29, 1.82) is 0 Å². The van der Waals surface area contributed by atoms with E-state index >= 15 is 0 Å². The third-order valence-corrected chi connectivity index (χ3v) is 4.12. The van der Waals surface area contributed by atoms with Crippen LogP contribution in [0.3, 0.4) is 0 Å². The zero-order valence-corrected chi connectivity index (χ0v) is 12.4. The van der Waals surface area contributed by atoms with Gasteiger partial charge in [-0.05, 0) is 28.1 Å². The largest absolute Gasteiger partial charge is 0.334 e. The molecule has 1 heterocycles. The summed E-state index contributed by atoms with van der Waals surface area (Å²) in [7, 11) is 0. The molecule has 0 saturated carbocycles. The van der Waals surface area contributed by atoms with Crippen molar-refractivity contribution in [2.24, 2.45) is 0 Å². The first-order chi connectivity index (χ1) is 8.41. The van der Waals surface area contributed by atoms with Crippen LogP contribution in [-0.2, 0) is 0 Å². The fourth-order valence-electron chi connectivity index (χ4n) is 1.38. The van der Waals surface area contributed by atoms with E-state index in [2.05, 4.69) is 20.9 Å².